The lowest BCUT2D eigenvalue weighted by molar-refractivity contribution is 0.101. The number of carbonyl (C=O) groups excluding carboxylic acids is 1. The number of benzene rings is 1. The van der Waals surface area contributed by atoms with Crippen LogP contribution in [0.1, 0.15) is 69.4 Å². The van der Waals surface area contributed by atoms with Crippen molar-refractivity contribution in [2.75, 3.05) is 11.9 Å². The van der Waals surface area contributed by atoms with Gasteiger partial charge in [0.2, 0.25) is 16.0 Å². The van der Waals surface area contributed by atoms with Crippen LogP contribution in [-0.2, 0) is 27.6 Å². The smallest absolute Gasteiger partial charge is 0.407 e. The minimum Gasteiger partial charge on any atom is -0.447 e. The first-order valence-corrected chi connectivity index (χ1v) is 13.5. The minimum absolute atomic E-state index is 0.155. The van der Waals surface area contributed by atoms with Crippen molar-refractivity contribution in [3.05, 3.63) is 41.7 Å². The summed E-state index contributed by atoms with van der Waals surface area (Å²) >= 11 is 0. The van der Waals surface area contributed by atoms with Gasteiger partial charge in [-0.15, -0.1) is 0 Å². The molecule has 9 nitrogen and oxygen atoms in total. The van der Waals surface area contributed by atoms with Crippen molar-refractivity contribution < 1.29 is 17.9 Å². The van der Waals surface area contributed by atoms with Crippen molar-refractivity contribution in [1.29, 1.82) is 0 Å². The maximum Gasteiger partial charge on any atom is 0.407 e. The van der Waals surface area contributed by atoms with Gasteiger partial charge in [-0.05, 0) is 74.8 Å². The first kappa shape index (κ1) is 25.9. The Labute approximate surface area is 202 Å². The molecule has 1 aromatic heterocycles. The second-order valence-corrected chi connectivity index (χ2v) is 10.3. The fraction of sp³-hybridized carbons (Fsp3) is 0.542. The Bertz CT molecular complexity index is 1040. The van der Waals surface area contributed by atoms with Crippen LogP contribution in [0, 0.1) is 0 Å². The number of hydrogen-bond acceptors (Lipinski definition) is 7. The number of alkyl carbamates (subject to hydrolysis) is 1. The van der Waals surface area contributed by atoms with Crippen LogP contribution in [0.15, 0.2) is 35.5 Å². The van der Waals surface area contributed by atoms with Crippen molar-refractivity contribution in [3.63, 3.8) is 0 Å². The van der Waals surface area contributed by atoms with Gasteiger partial charge in [-0.2, -0.15) is 0 Å². The predicted molar refractivity (Wildman–Crippen MR) is 131 cm³/mol. The summed E-state index contributed by atoms with van der Waals surface area (Å²) < 4.78 is 29.5. The molecule has 2 aliphatic heterocycles. The van der Waals surface area contributed by atoms with Gasteiger partial charge < -0.3 is 15.4 Å². The Balaban J connectivity index is 1.72. The average molecular weight is 490 g/mol. The topological polar surface area (TPSA) is 136 Å². The number of rotatable bonds is 1. The van der Waals surface area contributed by atoms with E-state index in [0.29, 0.717) is 24.5 Å². The van der Waals surface area contributed by atoms with Crippen LogP contribution in [0.5, 0.6) is 0 Å². The SMILES string of the molecule is C[C@@H]1CCCc2cnc(nc2)Nc2ccc(S(N)(=O)=O)c(c2)CCCCCCCCNC(=O)O1. The van der Waals surface area contributed by atoms with E-state index in [1.807, 2.05) is 13.0 Å². The maximum absolute atomic E-state index is 12.0. The molecule has 34 heavy (non-hydrogen) atoms. The number of ether oxygens (including phenoxy) is 1. The molecule has 0 spiro atoms. The van der Waals surface area contributed by atoms with Gasteiger partial charge in [-0.1, -0.05) is 25.7 Å². The summed E-state index contributed by atoms with van der Waals surface area (Å²) in [5.41, 5.74) is 2.40. The van der Waals surface area contributed by atoms with Gasteiger partial charge in [0.1, 0.15) is 6.10 Å². The van der Waals surface area contributed by atoms with Crippen LogP contribution in [0.25, 0.3) is 0 Å². The zero-order valence-corrected chi connectivity index (χ0v) is 20.6. The van der Waals surface area contributed by atoms with Crippen molar-refractivity contribution >= 4 is 27.8 Å². The van der Waals surface area contributed by atoms with Crippen LogP contribution >= 0.6 is 0 Å². The van der Waals surface area contributed by atoms with E-state index in [0.717, 1.165) is 69.0 Å². The first-order valence-electron chi connectivity index (χ1n) is 12.0. The highest BCUT2D eigenvalue weighted by Gasteiger charge is 2.15. The molecule has 2 aliphatic rings. The Hall–Kier alpha value is -2.72. The van der Waals surface area contributed by atoms with Crippen LogP contribution in [0.3, 0.4) is 0 Å². The molecule has 4 rings (SSSR count). The second kappa shape index (κ2) is 12.7. The molecule has 0 saturated carbocycles. The van der Waals surface area contributed by atoms with Crippen molar-refractivity contribution in [2.45, 2.75) is 82.1 Å². The molecule has 0 fully saturated rings. The van der Waals surface area contributed by atoms with E-state index in [1.165, 1.54) is 0 Å². The van der Waals surface area contributed by atoms with Crippen molar-refractivity contribution in [2.24, 2.45) is 5.14 Å². The van der Waals surface area contributed by atoms with Crippen LogP contribution in [0.4, 0.5) is 16.4 Å². The third kappa shape index (κ3) is 8.57. The van der Waals surface area contributed by atoms with Gasteiger partial charge in [-0.3, -0.25) is 0 Å². The number of amides is 1. The number of hydrogen-bond donors (Lipinski definition) is 3. The normalized spacial score (nSPS) is 19.5. The summed E-state index contributed by atoms with van der Waals surface area (Å²) in [7, 11) is -3.80. The lowest BCUT2D eigenvalue weighted by Gasteiger charge is -2.14. The Morgan fingerprint density at radius 3 is 2.44 bits per heavy atom. The summed E-state index contributed by atoms with van der Waals surface area (Å²) in [4.78, 5) is 20.8. The van der Waals surface area contributed by atoms with E-state index in [1.54, 1.807) is 24.5 Å². The van der Waals surface area contributed by atoms with E-state index < -0.39 is 10.0 Å². The van der Waals surface area contributed by atoms with E-state index >= 15 is 0 Å². The number of sulfonamides is 1. The van der Waals surface area contributed by atoms with E-state index in [4.69, 9.17) is 9.88 Å². The van der Waals surface area contributed by atoms with E-state index in [2.05, 4.69) is 20.6 Å². The third-order valence-corrected chi connectivity index (χ3v) is 6.87. The molecule has 1 aromatic carbocycles. The number of nitrogens with one attached hydrogen (secondary N) is 2. The van der Waals surface area contributed by atoms with E-state index in [-0.39, 0.29) is 17.1 Å². The third-order valence-electron chi connectivity index (χ3n) is 5.86. The molecule has 4 bridgehead atoms. The number of aromatic nitrogens is 2. The van der Waals surface area contributed by atoms with Gasteiger partial charge in [0.25, 0.3) is 0 Å². The zero-order valence-electron chi connectivity index (χ0n) is 19.8. The van der Waals surface area contributed by atoms with Crippen LogP contribution in [-0.4, -0.2) is 37.1 Å². The lowest BCUT2D eigenvalue weighted by atomic mass is 10.0. The van der Waals surface area contributed by atoms with Gasteiger partial charge in [0, 0.05) is 24.6 Å². The first-order chi connectivity index (χ1) is 16.3. The highest BCUT2D eigenvalue weighted by molar-refractivity contribution is 7.89. The van der Waals surface area contributed by atoms with Crippen LogP contribution in [0.2, 0.25) is 0 Å². The quantitative estimate of drug-likeness (QED) is 0.546. The molecule has 0 saturated heterocycles. The molecule has 4 N–H and O–H groups in total. The summed E-state index contributed by atoms with van der Waals surface area (Å²) in [6, 6.07) is 5.04. The number of nitrogens with two attached hydrogens (primary N) is 1. The van der Waals surface area contributed by atoms with Gasteiger partial charge in [-0.25, -0.2) is 28.3 Å². The minimum atomic E-state index is -3.80. The Morgan fingerprint density at radius 2 is 1.71 bits per heavy atom. The summed E-state index contributed by atoms with van der Waals surface area (Å²) in [5.74, 6) is 0.435. The lowest BCUT2D eigenvalue weighted by Crippen LogP contribution is -2.28. The molecular weight excluding hydrogens is 454 g/mol. The van der Waals surface area contributed by atoms with E-state index in [9.17, 15) is 13.2 Å². The zero-order chi connectivity index (χ0) is 24.4. The number of carbonyl (C=O) groups is 1. The molecule has 186 valence electrons. The molecule has 2 aromatic rings. The van der Waals surface area contributed by atoms with Gasteiger partial charge >= 0.3 is 6.09 Å². The standard InChI is InChI=1S/C24H35N5O4S/c1-18-9-8-10-19-16-27-23(28-17-19)29-21-12-13-22(34(25,31)32)20(15-21)11-6-4-2-3-5-7-14-26-24(30)33-18/h12-13,15-18H,2-11,14H2,1H3,(H,26,30)(H2,25,31,32)(H,27,28,29)/t18-/m1/s1. The number of primary sulfonamides is 1. The highest BCUT2D eigenvalue weighted by atomic mass is 32.2. The summed E-state index contributed by atoms with van der Waals surface area (Å²) in [6.45, 7) is 2.51. The Kier molecular flexibility index (Phi) is 9.64. The number of nitrogens with zero attached hydrogens (tertiary/aromatic N) is 2. The fourth-order valence-corrected chi connectivity index (χ4v) is 4.81. The molecular formula is C24H35N5O4S. The Morgan fingerprint density at radius 1 is 1.00 bits per heavy atom. The predicted octanol–water partition coefficient (Wildman–Crippen LogP) is 4.20. The second-order valence-electron chi connectivity index (χ2n) is 8.81. The molecule has 0 radical (unpaired) electrons. The average Bonchev–Trinajstić information content (AvgIpc) is 2.78. The molecule has 1 amide bonds. The molecule has 0 unspecified atom stereocenters. The molecule has 10 heteroatoms. The number of anilines is 2. The van der Waals surface area contributed by atoms with Gasteiger partial charge in [0.05, 0.1) is 4.90 Å². The summed E-state index contributed by atoms with van der Waals surface area (Å²) in [6.07, 6.45) is 11.9. The number of aryl methyl sites for hydroxylation is 2. The number of fused-ring (bicyclic) bond motifs is 16. The van der Waals surface area contributed by atoms with Crippen molar-refractivity contribution in [1.82, 2.24) is 15.3 Å². The summed E-state index contributed by atoms with van der Waals surface area (Å²) in [5, 5.41) is 11.4. The molecule has 3 heterocycles. The maximum atomic E-state index is 12.0. The highest BCUT2D eigenvalue weighted by Crippen LogP contribution is 2.24. The monoisotopic (exact) mass is 489 g/mol. The van der Waals surface area contributed by atoms with Crippen molar-refractivity contribution in [3.8, 4) is 0 Å². The van der Waals surface area contributed by atoms with Crippen LogP contribution < -0.4 is 15.8 Å². The van der Waals surface area contributed by atoms with Gasteiger partial charge in [0.15, 0.2) is 0 Å². The molecule has 1 atom stereocenters. The fourth-order valence-electron chi connectivity index (χ4n) is 4.02. The molecule has 0 aliphatic carbocycles. The largest absolute Gasteiger partial charge is 0.447 e.